The van der Waals surface area contributed by atoms with Crippen LogP contribution in [0.1, 0.15) is 6.92 Å². The smallest absolute Gasteiger partial charge is 0.153 e. The number of anilines is 1. The van der Waals surface area contributed by atoms with E-state index in [-0.39, 0.29) is 18.1 Å². The van der Waals surface area contributed by atoms with Crippen molar-refractivity contribution in [3.63, 3.8) is 0 Å². The summed E-state index contributed by atoms with van der Waals surface area (Å²) in [4.78, 5) is 0. The fraction of sp³-hybridized carbons (Fsp3) is 0.400. The Kier molecular flexibility index (Phi) is 3.96. The molecule has 0 bridgehead atoms. The van der Waals surface area contributed by atoms with Gasteiger partial charge < -0.3 is 10.5 Å². The highest BCUT2D eigenvalue weighted by Crippen LogP contribution is 2.14. The van der Waals surface area contributed by atoms with E-state index in [1.807, 2.05) is 0 Å². The summed E-state index contributed by atoms with van der Waals surface area (Å²) in [5.74, 6) is 0.785. The van der Waals surface area contributed by atoms with Crippen LogP contribution in [-0.4, -0.2) is 26.5 Å². The number of rotatable bonds is 5. The van der Waals surface area contributed by atoms with Gasteiger partial charge in [0.25, 0.3) is 0 Å². The van der Waals surface area contributed by atoms with Crippen LogP contribution >= 0.6 is 0 Å². The molecule has 4 nitrogen and oxygen atoms in total. The van der Waals surface area contributed by atoms with E-state index in [2.05, 4.69) is 0 Å². The Labute approximate surface area is 90.0 Å². The first-order chi connectivity index (χ1) is 7.03. The van der Waals surface area contributed by atoms with Gasteiger partial charge in [0, 0.05) is 17.5 Å². The molecule has 0 fully saturated rings. The van der Waals surface area contributed by atoms with Gasteiger partial charge >= 0.3 is 0 Å². The Morgan fingerprint density at radius 2 is 2.13 bits per heavy atom. The zero-order valence-electron chi connectivity index (χ0n) is 8.64. The first kappa shape index (κ1) is 11.8. The monoisotopic (exact) mass is 229 g/mol. The predicted molar refractivity (Wildman–Crippen MR) is 60.7 cm³/mol. The van der Waals surface area contributed by atoms with E-state index < -0.39 is 9.84 Å². The second kappa shape index (κ2) is 5.02. The highest BCUT2D eigenvalue weighted by molar-refractivity contribution is 7.91. The average molecular weight is 229 g/mol. The third kappa shape index (κ3) is 4.20. The fourth-order valence-electron chi connectivity index (χ4n) is 1.04. The molecule has 0 aliphatic rings. The second-order valence-corrected chi connectivity index (χ2v) is 5.63. The Bertz CT molecular complexity index is 414. The molecule has 0 spiro atoms. The molecule has 1 aromatic rings. The van der Waals surface area contributed by atoms with E-state index in [1.165, 1.54) is 0 Å². The molecule has 84 valence electrons. The Hall–Kier alpha value is -1.23. The average Bonchev–Trinajstić information content (AvgIpc) is 2.18. The van der Waals surface area contributed by atoms with E-state index >= 15 is 0 Å². The molecule has 0 saturated heterocycles. The Morgan fingerprint density at radius 3 is 2.73 bits per heavy atom. The summed E-state index contributed by atoms with van der Waals surface area (Å²) in [7, 11) is -2.96. The van der Waals surface area contributed by atoms with Crippen molar-refractivity contribution in [2.24, 2.45) is 0 Å². The van der Waals surface area contributed by atoms with Gasteiger partial charge in [0.15, 0.2) is 9.84 Å². The summed E-state index contributed by atoms with van der Waals surface area (Å²) in [6.45, 7) is 1.79. The number of ether oxygens (including phenoxy) is 1. The minimum atomic E-state index is -2.96. The van der Waals surface area contributed by atoms with Gasteiger partial charge in [-0.25, -0.2) is 8.42 Å². The largest absolute Gasteiger partial charge is 0.492 e. The van der Waals surface area contributed by atoms with Gasteiger partial charge in [-0.15, -0.1) is 0 Å². The van der Waals surface area contributed by atoms with Gasteiger partial charge in [0.2, 0.25) is 0 Å². The summed E-state index contributed by atoms with van der Waals surface area (Å²) in [5, 5.41) is 0. The van der Waals surface area contributed by atoms with Crippen molar-refractivity contribution in [1.29, 1.82) is 0 Å². The first-order valence-corrected chi connectivity index (χ1v) is 6.54. The molecule has 0 aliphatic heterocycles. The van der Waals surface area contributed by atoms with Crippen molar-refractivity contribution in [1.82, 2.24) is 0 Å². The molecule has 0 amide bonds. The van der Waals surface area contributed by atoms with Gasteiger partial charge in [-0.2, -0.15) is 0 Å². The molecule has 5 heteroatoms. The number of benzene rings is 1. The molecule has 2 N–H and O–H groups in total. The molecule has 0 radical (unpaired) electrons. The van der Waals surface area contributed by atoms with E-state index in [9.17, 15) is 8.42 Å². The molecular weight excluding hydrogens is 214 g/mol. The third-order valence-electron chi connectivity index (χ3n) is 1.96. The lowest BCUT2D eigenvalue weighted by Crippen LogP contribution is -2.15. The highest BCUT2D eigenvalue weighted by Gasteiger charge is 2.07. The summed E-state index contributed by atoms with van der Waals surface area (Å²) in [6.07, 6.45) is 0. The van der Waals surface area contributed by atoms with Crippen LogP contribution in [0, 0.1) is 0 Å². The normalized spacial score (nSPS) is 11.3. The number of sulfone groups is 1. The SMILES string of the molecule is CCS(=O)(=O)CCOc1cccc(N)c1. The minimum Gasteiger partial charge on any atom is -0.492 e. The standard InChI is InChI=1S/C10H15NO3S/c1-2-15(12,13)7-6-14-10-5-3-4-9(11)8-10/h3-5,8H,2,6-7,11H2,1H3. The Balaban J connectivity index is 2.45. The van der Waals surface area contributed by atoms with Crippen molar-refractivity contribution in [3.05, 3.63) is 24.3 Å². The minimum absolute atomic E-state index is 0.0400. The van der Waals surface area contributed by atoms with E-state index in [0.717, 1.165) is 0 Å². The third-order valence-corrected chi connectivity index (χ3v) is 3.63. The van der Waals surface area contributed by atoms with Gasteiger partial charge in [0.1, 0.15) is 12.4 Å². The van der Waals surface area contributed by atoms with Crippen LogP contribution in [0.5, 0.6) is 5.75 Å². The molecule has 0 atom stereocenters. The molecule has 0 heterocycles. The van der Waals surface area contributed by atoms with Crippen LogP contribution in [-0.2, 0) is 9.84 Å². The molecule has 0 saturated carbocycles. The van der Waals surface area contributed by atoms with E-state index in [0.29, 0.717) is 11.4 Å². The zero-order chi connectivity index (χ0) is 11.3. The van der Waals surface area contributed by atoms with Gasteiger partial charge in [-0.05, 0) is 12.1 Å². The number of hydrogen-bond donors (Lipinski definition) is 1. The maximum atomic E-state index is 11.2. The van der Waals surface area contributed by atoms with Gasteiger partial charge in [0.05, 0.1) is 5.75 Å². The lowest BCUT2D eigenvalue weighted by Gasteiger charge is -2.06. The van der Waals surface area contributed by atoms with E-state index in [1.54, 1.807) is 31.2 Å². The molecular formula is C10H15NO3S. The van der Waals surface area contributed by atoms with Gasteiger partial charge in [-0.3, -0.25) is 0 Å². The number of nitrogens with two attached hydrogens (primary N) is 1. The van der Waals surface area contributed by atoms with Crippen LogP contribution < -0.4 is 10.5 Å². The lowest BCUT2D eigenvalue weighted by molar-refractivity contribution is 0.341. The number of hydrogen-bond acceptors (Lipinski definition) is 4. The van der Waals surface area contributed by atoms with E-state index in [4.69, 9.17) is 10.5 Å². The van der Waals surface area contributed by atoms with Crippen molar-refractivity contribution in [3.8, 4) is 5.75 Å². The van der Waals surface area contributed by atoms with Crippen LogP contribution in [0.3, 0.4) is 0 Å². The lowest BCUT2D eigenvalue weighted by atomic mass is 10.3. The summed E-state index contributed by atoms with van der Waals surface area (Å²) < 4.78 is 27.6. The molecule has 1 aromatic carbocycles. The fourth-order valence-corrected chi connectivity index (χ4v) is 1.66. The molecule has 1 rings (SSSR count). The number of nitrogen functional groups attached to an aromatic ring is 1. The molecule has 0 aromatic heterocycles. The maximum absolute atomic E-state index is 11.2. The van der Waals surface area contributed by atoms with Gasteiger partial charge in [-0.1, -0.05) is 13.0 Å². The van der Waals surface area contributed by atoms with Crippen molar-refractivity contribution in [2.75, 3.05) is 23.8 Å². The van der Waals surface area contributed by atoms with Crippen LogP contribution in [0.25, 0.3) is 0 Å². The highest BCUT2D eigenvalue weighted by atomic mass is 32.2. The van der Waals surface area contributed by atoms with Crippen molar-refractivity contribution < 1.29 is 13.2 Å². The topological polar surface area (TPSA) is 69.4 Å². The summed E-state index contributed by atoms with van der Waals surface area (Å²) >= 11 is 0. The predicted octanol–water partition coefficient (Wildman–Crippen LogP) is 1.08. The van der Waals surface area contributed by atoms with Crippen LogP contribution in [0.2, 0.25) is 0 Å². The Morgan fingerprint density at radius 1 is 1.40 bits per heavy atom. The maximum Gasteiger partial charge on any atom is 0.153 e. The van der Waals surface area contributed by atoms with Crippen LogP contribution in [0.4, 0.5) is 5.69 Å². The summed E-state index contributed by atoms with van der Waals surface area (Å²) in [5.41, 5.74) is 6.15. The zero-order valence-corrected chi connectivity index (χ0v) is 9.46. The van der Waals surface area contributed by atoms with Crippen molar-refractivity contribution >= 4 is 15.5 Å². The second-order valence-electron chi connectivity index (χ2n) is 3.16. The quantitative estimate of drug-likeness (QED) is 0.767. The van der Waals surface area contributed by atoms with Crippen molar-refractivity contribution in [2.45, 2.75) is 6.92 Å². The van der Waals surface area contributed by atoms with Crippen LogP contribution in [0.15, 0.2) is 24.3 Å². The molecule has 15 heavy (non-hydrogen) atoms. The molecule has 0 unspecified atom stereocenters. The summed E-state index contributed by atoms with van der Waals surface area (Å²) in [6, 6.07) is 6.92. The first-order valence-electron chi connectivity index (χ1n) is 4.72. The molecule has 0 aliphatic carbocycles.